The van der Waals surface area contributed by atoms with E-state index in [9.17, 15) is 58.7 Å². The minimum Gasteiger partial charge on any atom is -0.444 e. The molecule has 97 heavy (non-hydrogen) atoms. The summed E-state index contributed by atoms with van der Waals surface area (Å²) in [7, 11) is 0. The standard InChI is InChI=1S/C24H29F3N4O3.C19H21F3N4O.C12H14F3N.C11H17N3O2.CO2.ClH/c1-23(2,3)34-22(33)31-13-10-17-19(14-31)28-29-20(17)21(32)30-11-8-15(9-12-30)16-6-4-5-7-18(16)24(25,26)27;20-19(21,22)15-4-2-1-3-13(15)12-6-9-26(10-7-12)18(27)17-14-5-8-23-11-16(14)24-25-17;13-12(14,15)11-4-2-1-3-10(11)9-5-7-16-8-6-9;1-11(2,3)16-10(15)14-5-4-8-6-12-13-9(8)7-14;2-1-3;/h4-7,15H,8-14H2,1-3H3,(H,28,29);1-4,12,23H,5-11H2,(H,24,25);1-4,9,16H,5-8H2;6H,4-5,7H2,1-3H3,(H,12,13);;1H. The summed E-state index contributed by atoms with van der Waals surface area (Å²) < 4.78 is 129. The molecule has 0 radical (unpaired) electrons. The Labute approximate surface area is 561 Å². The van der Waals surface area contributed by atoms with Crippen LogP contribution < -0.4 is 10.6 Å². The minimum absolute atomic E-state index is 0. The fourth-order valence-electron chi connectivity index (χ4n) is 12.6. The van der Waals surface area contributed by atoms with Gasteiger partial charge < -0.3 is 39.7 Å². The number of amides is 4. The molecule has 12 rings (SSSR count). The lowest BCUT2D eigenvalue weighted by atomic mass is 9.86. The Morgan fingerprint density at radius 2 is 0.856 bits per heavy atom. The molecule has 3 aromatic carbocycles. The predicted molar refractivity (Wildman–Crippen MR) is 339 cm³/mol. The predicted octanol–water partition coefficient (Wildman–Crippen LogP) is 12.5. The van der Waals surface area contributed by atoms with Crippen LogP contribution >= 0.6 is 12.4 Å². The fourth-order valence-corrected chi connectivity index (χ4v) is 12.6. The van der Waals surface area contributed by atoms with Crippen molar-refractivity contribution in [2.45, 2.75) is 166 Å². The number of likely N-dealkylation sites (tertiary alicyclic amines) is 2. The maximum Gasteiger partial charge on any atom is 0.416 e. The van der Waals surface area contributed by atoms with Gasteiger partial charge in [0.05, 0.1) is 53.1 Å². The normalized spacial score (nSPS) is 17.0. The highest BCUT2D eigenvalue weighted by Gasteiger charge is 2.40. The zero-order chi connectivity index (χ0) is 69.8. The highest BCUT2D eigenvalue weighted by Crippen LogP contribution is 2.42. The average molecular weight is 1390 g/mol. The van der Waals surface area contributed by atoms with Gasteiger partial charge in [0.1, 0.15) is 11.2 Å². The lowest BCUT2D eigenvalue weighted by Crippen LogP contribution is -2.41. The first-order valence-corrected chi connectivity index (χ1v) is 31.9. The van der Waals surface area contributed by atoms with Crippen LogP contribution in [-0.4, -0.2) is 150 Å². The first-order chi connectivity index (χ1) is 45.3. The number of nitrogens with one attached hydrogen (secondary N) is 5. The van der Waals surface area contributed by atoms with E-state index in [0.717, 1.165) is 80.0 Å². The van der Waals surface area contributed by atoms with Crippen LogP contribution in [0, 0.1) is 0 Å². The van der Waals surface area contributed by atoms with Gasteiger partial charge in [-0.25, -0.2) is 9.59 Å². The molecule has 3 saturated heterocycles. The Morgan fingerprint density at radius 3 is 1.28 bits per heavy atom. The smallest absolute Gasteiger partial charge is 0.416 e. The SMILES string of the molecule is CC(C)(C)OC(=O)N1CCc2c(C(=O)N3CCC(c4ccccc4C(F)(F)F)CC3)n[nH]c2C1.CC(C)(C)OC(=O)N1CCc2cn[nH]c2C1.Cl.FC(F)(F)c1ccccc1C1CCNCC1.O=C(c1n[nH]c2c1CCNC2)N1CCC(c2ccccc2C(F)(F)F)CC1.O=C=O. The van der Waals surface area contributed by atoms with Crippen molar-refractivity contribution in [3.63, 3.8) is 0 Å². The largest absolute Gasteiger partial charge is 0.444 e. The van der Waals surface area contributed by atoms with E-state index in [0.29, 0.717) is 118 Å². The third-order valence-corrected chi connectivity index (χ3v) is 17.3. The Hall–Kier alpha value is -8.27. The van der Waals surface area contributed by atoms with Gasteiger partial charge in [-0.05, 0) is 177 Å². The highest BCUT2D eigenvalue weighted by atomic mass is 35.5. The Morgan fingerprint density at radius 1 is 0.474 bits per heavy atom. The van der Waals surface area contributed by atoms with Crippen LogP contribution in [0.2, 0.25) is 0 Å². The molecule has 0 unspecified atom stereocenters. The van der Waals surface area contributed by atoms with Crippen LogP contribution in [0.1, 0.15) is 186 Å². The molecule has 5 N–H and O–H groups in total. The number of hydrogen-bond acceptors (Lipinski definition) is 13. The number of carbonyl (C=O) groups is 4. The van der Waals surface area contributed by atoms with E-state index >= 15 is 0 Å². The number of halogens is 10. The van der Waals surface area contributed by atoms with E-state index < -0.39 is 52.5 Å². The molecule has 6 aromatic rings. The zero-order valence-electron chi connectivity index (χ0n) is 54.8. The van der Waals surface area contributed by atoms with Gasteiger partial charge in [-0.15, -0.1) is 12.4 Å². The molecular weight excluding hydrogens is 1310 g/mol. The number of aromatic nitrogens is 6. The second-order valence-electron chi connectivity index (χ2n) is 26.2. The molecule has 4 amide bonds. The first-order valence-electron chi connectivity index (χ1n) is 31.9. The van der Waals surface area contributed by atoms with Crippen molar-refractivity contribution < 1.29 is 77.8 Å². The summed E-state index contributed by atoms with van der Waals surface area (Å²) in [6.07, 6.45) is -6.00. The van der Waals surface area contributed by atoms with Crippen LogP contribution in [0.25, 0.3) is 0 Å². The molecule has 6 aliphatic heterocycles. The van der Waals surface area contributed by atoms with E-state index in [4.69, 9.17) is 19.1 Å². The van der Waals surface area contributed by atoms with Gasteiger partial charge in [-0.1, -0.05) is 54.6 Å². The maximum atomic E-state index is 13.4. The van der Waals surface area contributed by atoms with Crippen LogP contribution in [-0.2, 0) is 76.5 Å². The molecule has 0 aliphatic carbocycles. The summed E-state index contributed by atoms with van der Waals surface area (Å²) in [4.78, 5) is 73.1. The summed E-state index contributed by atoms with van der Waals surface area (Å²) in [5.41, 5.74) is 4.79. The van der Waals surface area contributed by atoms with E-state index in [1.54, 1.807) is 70.7 Å². The molecule has 3 aromatic heterocycles. The second-order valence-corrected chi connectivity index (χ2v) is 26.2. The summed E-state index contributed by atoms with van der Waals surface area (Å²) >= 11 is 0. The zero-order valence-corrected chi connectivity index (χ0v) is 55.6. The molecule has 0 spiro atoms. The fraction of sp³-hybridized carbons (Fsp3) is 0.522. The van der Waals surface area contributed by atoms with Crippen molar-refractivity contribution in [2.24, 2.45) is 0 Å². The van der Waals surface area contributed by atoms with Gasteiger partial charge in [0, 0.05) is 56.9 Å². The van der Waals surface area contributed by atoms with Gasteiger partial charge in [0.15, 0.2) is 11.4 Å². The number of piperidine rings is 3. The number of hydrogen-bond donors (Lipinski definition) is 5. The topological polar surface area (TPSA) is 244 Å². The highest BCUT2D eigenvalue weighted by molar-refractivity contribution is 5.95. The molecule has 0 saturated carbocycles. The number of benzene rings is 3. The summed E-state index contributed by atoms with van der Waals surface area (Å²) in [5, 5.41) is 27.5. The van der Waals surface area contributed by atoms with Gasteiger partial charge >= 0.3 is 36.9 Å². The average Bonchev–Trinajstić information content (AvgIpc) is 1.78. The van der Waals surface area contributed by atoms with Crippen LogP contribution in [0.5, 0.6) is 0 Å². The van der Waals surface area contributed by atoms with Gasteiger partial charge in [0.2, 0.25) is 0 Å². The van der Waals surface area contributed by atoms with Crippen molar-refractivity contribution in [3.05, 3.63) is 158 Å². The number of ether oxygens (including phenoxy) is 2. The van der Waals surface area contributed by atoms with Crippen molar-refractivity contribution >= 4 is 42.6 Å². The molecular formula is C67H82ClF9N12O8. The number of aromatic amines is 3. The van der Waals surface area contributed by atoms with Crippen molar-refractivity contribution in [1.29, 1.82) is 0 Å². The van der Waals surface area contributed by atoms with Gasteiger partial charge in [-0.3, -0.25) is 24.9 Å². The molecule has 30 heteroatoms. The van der Waals surface area contributed by atoms with Crippen LogP contribution in [0.3, 0.4) is 0 Å². The monoisotopic (exact) mass is 1390 g/mol. The van der Waals surface area contributed by atoms with E-state index in [2.05, 4.69) is 41.2 Å². The number of carbonyl (C=O) groups excluding carboxylic acids is 6. The third-order valence-electron chi connectivity index (χ3n) is 17.3. The van der Waals surface area contributed by atoms with E-state index in [1.165, 1.54) is 35.9 Å². The van der Waals surface area contributed by atoms with Gasteiger partial charge in [0.25, 0.3) is 11.8 Å². The van der Waals surface area contributed by atoms with E-state index in [1.807, 2.05) is 27.0 Å². The number of fused-ring (bicyclic) bond motifs is 3. The first kappa shape index (κ1) is 76.1. The molecule has 0 bridgehead atoms. The Balaban J connectivity index is 0.000000188. The van der Waals surface area contributed by atoms with Crippen molar-refractivity contribution in [1.82, 2.24) is 60.8 Å². The number of alkyl halides is 9. The maximum absolute atomic E-state index is 13.4. The number of H-pyrrole nitrogens is 3. The van der Waals surface area contributed by atoms with E-state index in [-0.39, 0.29) is 60.8 Å². The molecule has 6 aliphatic rings. The Kier molecular flexibility index (Phi) is 25.8. The second kappa shape index (κ2) is 32.9. The minimum atomic E-state index is -4.40. The van der Waals surface area contributed by atoms with Crippen molar-refractivity contribution in [2.75, 3.05) is 58.9 Å². The lowest BCUT2D eigenvalue weighted by molar-refractivity contribution is -0.191. The molecule has 9 heterocycles. The lowest BCUT2D eigenvalue weighted by Gasteiger charge is -2.33. The quantitative estimate of drug-likeness (QED) is 0.101. The Bertz CT molecular complexity index is 3640. The summed E-state index contributed by atoms with van der Waals surface area (Å²) in [6, 6.07) is 17.4. The number of nitrogens with zero attached hydrogens (tertiary/aromatic N) is 7. The molecule has 0 atom stereocenters. The number of rotatable bonds is 5. The summed E-state index contributed by atoms with van der Waals surface area (Å²) in [6.45, 7) is 17.7. The molecule has 3 fully saturated rings. The molecule has 528 valence electrons. The van der Waals surface area contributed by atoms with Gasteiger partial charge in [-0.2, -0.15) is 64.4 Å². The summed E-state index contributed by atoms with van der Waals surface area (Å²) in [5.74, 6) is -0.761. The third kappa shape index (κ3) is 20.4. The van der Waals surface area contributed by atoms with Crippen LogP contribution in [0.4, 0.5) is 49.1 Å². The van der Waals surface area contributed by atoms with Crippen LogP contribution in [0.15, 0.2) is 79.0 Å². The molecule has 20 nitrogen and oxygen atoms in total. The van der Waals surface area contributed by atoms with Crippen molar-refractivity contribution in [3.8, 4) is 0 Å².